The van der Waals surface area contributed by atoms with Gasteiger partial charge in [0.25, 0.3) is 0 Å². The van der Waals surface area contributed by atoms with Gasteiger partial charge in [-0.2, -0.15) is 0 Å². The van der Waals surface area contributed by atoms with Crippen LogP contribution in [-0.4, -0.2) is 21.4 Å². The van der Waals surface area contributed by atoms with Gasteiger partial charge in [-0.15, -0.1) is 0 Å². The first-order valence-electron chi connectivity index (χ1n) is 14.0. The number of carboxylic acids is 1. The van der Waals surface area contributed by atoms with E-state index in [4.69, 9.17) is 9.84 Å². The van der Waals surface area contributed by atoms with Crippen molar-refractivity contribution in [3.8, 4) is 5.75 Å². The van der Waals surface area contributed by atoms with Gasteiger partial charge in [-0.3, -0.25) is 9.59 Å². The van der Waals surface area contributed by atoms with Gasteiger partial charge in [-0.1, -0.05) is 58.4 Å². The molecule has 0 saturated carbocycles. The highest BCUT2D eigenvalue weighted by molar-refractivity contribution is 6.10. The Hall–Kier alpha value is -3.34. The van der Waals surface area contributed by atoms with Crippen molar-refractivity contribution < 1.29 is 19.4 Å². The van der Waals surface area contributed by atoms with Crippen molar-refractivity contribution >= 4 is 11.8 Å². The maximum Gasteiger partial charge on any atom is 0.303 e. The summed E-state index contributed by atoms with van der Waals surface area (Å²) < 4.78 is 8.47. The minimum Gasteiger partial charge on any atom is -0.486 e. The van der Waals surface area contributed by atoms with Crippen LogP contribution in [0.3, 0.4) is 0 Å². The van der Waals surface area contributed by atoms with E-state index in [1.165, 1.54) is 11.1 Å². The molecule has 0 spiro atoms. The zero-order chi connectivity index (χ0) is 27.7. The quantitative estimate of drug-likeness (QED) is 0.209. The van der Waals surface area contributed by atoms with Crippen molar-refractivity contribution in [3.05, 3.63) is 88.2 Å². The summed E-state index contributed by atoms with van der Waals surface area (Å²) in [6, 6.07) is 18.2. The predicted octanol–water partition coefficient (Wildman–Crippen LogP) is 7.73. The average molecular weight is 518 g/mol. The number of carbonyl (C=O) groups is 2. The lowest BCUT2D eigenvalue weighted by molar-refractivity contribution is -0.137. The molecule has 0 aliphatic carbocycles. The smallest absolute Gasteiger partial charge is 0.303 e. The van der Waals surface area contributed by atoms with Crippen molar-refractivity contribution in [2.75, 3.05) is 0 Å². The van der Waals surface area contributed by atoms with Gasteiger partial charge in [0.05, 0.1) is 0 Å². The van der Waals surface area contributed by atoms with Crippen molar-refractivity contribution in [2.24, 2.45) is 13.0 Å². The van der Waals surface area contributed by atoms with Crippen LogP contribution >= 0.6 is 0 Å². The van der Waals surface area contributed by atoms with Gasteiger partial charge in [0.2, 0.25) is 0 Å². The summed E-state index contributed by atoms with van der Waals surface area (Å²) >= 11 is 0. The fourth-order valence-electron chi connectivity index (χ4n) is 5.01. The Bertz CT molecular complexity index is 1190. The van der Waals surface area contributed by atoms with E-state index in [1.54, 1.807) is 0 Å². The number of carbonyl (C=O) groups excluding carboxylic acids is 1. The van der Waals surface area contributed by atoms with Crippen molar-refractivity contribution in [1.82, 2.24) is 4.57 Å². The van der Waals surface area contributed by atoms with E-state index in [2.05, 4.69) is 45.0 Å². The van der Waals surface area contributed by atoms with E-state index in [-0.39, 0.29) is 18.3 Å². The highest BCUT2D eigenvalue weighted by Crippen LogP contribution is 2.28. The topological polar surface area (TPSA) is 68.5 Å². The number of rotatable bonds is 15. The molecule has 3 rings (SSSR count). The maximum absolute atomic E-state index is 13.4. The third kappa shape index (κ3) is 7.83. The Morgan fingerprint density at radius 2 is 1.66 bits per heavy atom. The van der Waals surface area contributed by atoms with E-state index >= 15 is 0 Å². The number of aryl methyl sites for hydroxylation is 1. The summed E-state index contributed by atoms with van der Waals surface area (Å²) in [7, 11) is 1.95. The molecule has 5 heteroatoms. The third-order valence-electron chi connectivity index (χ3n) is 7.07. The van der Waals surface area contributed by atoms with Gasteiger partial charge in [0.15, 0.2) is 5.78 Å². The number of aliphatic carboxylic acids is 1. The molecule has 0 saturated heterocycles. The molecule has 5 nitrogen and oxygen atoms in total. The SMILES string of the molecule is CCCCC(Oc1ccc(C(=O)c2cc(CCCC(=O)O)n(C)c2CC)cc1)c1ccc(CC(C)C)cc1. The zero-order valence-corrected chi connectivity index (χ0v) is 23.6. The zero-order valence-electron chi connectivity index (χ0n) is 23.6. The van der Waals surface area contributed by atoms with Crippen molar-refractivity contribution in [1.29, 1.82) is 0 Å². The van der Waals surface area contributed by atoms with Crippen LogP contribution in [0.5, 0.6) is 5.75 Å². The highest BCUT2D eigenvalue weighted by Gasteiger charge is 2.20. The van der Waals surface area contributed by atoms with E-state index in [0.717, 1.165) is 49.2 Å². The van der Waals surface area contributed by atoms with Gasteiger partial charge in [-0.25, -0.2) is 0 Å². The fourth-order valence-corrected chi connectivity index (χ4v) is 5.01. The van der Waals surface area contributed by atoms with Crippen LogP contribution in [0.15, 0.2) is 54.6 Å². The second kappa shape index (κ2) is 14.0. The van der Waals surface area contributed by atoms with E-state index < -0.39 is 5.97 Å². The Balaban J connectivity index is 1.75. The first-order valence-corrected chi connectivity index (χ1v) is 14.0. The van der Waals surface area contributed by atoms with Crippen molar-refractivity contribution in [3.63, 3.8) is 0 Å². The first-order chi connectivity index (χ1) is 18.2. The summed E-state index contributed by atoms with van der Waals surface area (Å²) in [5, 5.41) is 8.96. The Morgan fingerprint density at radius 3 is 2.24 bits per heavy atom. The molecule has 0 amide bonds. The number of hydrogen-bond donors (Lipinski definition) is 1. The molecular formula is C33H43NO4. The largest absolute Gasteiger partial charge is 0.486 e. The molecule has 0 radical (unpaired) electrons. The summed E-state index contributed by atoms with van der Waals surface area (Å²) in [6.07, 6.45) is 6.20. The lowest BCUT2D eigenvalue weighted by Gasteiger charge is -2.20. The van der Waals surface area contributed by atoms with Crippen LogP contribution in [-0.2, 0) is 31.1 Å². The first kappa shape index (κ1) is 29.2. The predicted molar refractivity (Wildman–Crippen MR) is 153 cm³/mol. The number of ether oxygens (including phenoxy) is 1. The van der Waals surface area contributed by atoms with Crippen LogP contribution < -0.4 is 4.74 Å². The molecule has 0 aliphatic heterocycles. The van der Waals surface area contributed by atoms with Crippen LogP contribution in [0.1, 0.15) is 104 Å². The van der Waals surface area contributed by atoms with Crippen LogP contribution in [0.2, 0.25) is 0 Å². The number of ketones is 1. The summed E-state index contributed by atoms with van der Waals surface area (Å²) in [6.45, 7) is 8.69. The van der Waals surface area contributed by atoms with Crippen molar-refractivity contribution in [2.45, 2.75) is 85.2 Å². The lowest BCUT2D eigenvalue weighted by Crippen LogP contribution is -2.09. The number of carboxylic acid groups (broad SMARTS) is 1. The second-order valence-electron chi connectivity index (χ2n) is 10.6. The highest BCUT2D eigenvalue weighted by atomic mass is 16.5. The Kier molecular flexibility index (Phi) is 10.8. The summed E-state index contributed by atoms with van der Waals surface area (Å²) in [5.41, 5.74) is 5.80. The third-order valence-corrected chi connectivity index (χ3v) is 7.07. The normalized spacial score (nSPS) is 12.1. The van der Waals surface area contributed by atoms with Gasteiger partial charge in [-0.05, 0) is 85.9 Å². The number of unbranched alkanes of at least 4 members (excludes halogenated alkanes) is 1. The Morgan fingerprint density at radius 1 is 0.974 bits per heavy atom. The van der Waals surface area contributed by atoms with E-state index in [0.29, 0.717) is 29.9 Å². The molecule has 1 aromatic heterocycles. The second-order valence-corrected chi connectivity index (χ2v) is 10.6. The van der Waals surface area contributed by atoms with Crippen LogP contribution in [0, 0.1) is 5.92 Å². The summed E-state index contributed by atoms with van der Waals surface area (Å²) in [5.74, 6) is 0.569. The number of nitrogens with zero attached hydrogens (tertiary/aromatic N) is 1. The van der Waals surface area contributed by atoms with E-state index in [9.17, 15) is 9.59 Å². The molecule has 0 fully saturated rings. The van der Waals surface area contributed by atoms with Gasteiger partial charge in [0.1, 0.15) is 11.9 Å². The van der Waals surface area contributed by atoms with Crippen LogP contribution in [0.4, 0.5) is 0 Å². The van der Waals surface area contributed by atoms with Crippen LogP contribution in [0.25, 0.3) is 0 Å². The molecule has 2 aromatic carbocycles. The number of aromatic nitrogens is 1. The van der Waals surface area contributed by atoms with Gasteiger partial charge < -0.3 is 14.4 Å². The molecule has 38 heavy (non-hydrogen) atoms. The molecule has 0 aliphatic rings. The minimum atomic E-state index is -0.798. The number of hydrogen-bond acceptors (Lipinski definition) is 3. The molecule has 0 bridgehead atoms. The molecule has 1 atom stereocenters. The molecule has 3 aromatic rings. The fraction of sp³-hybridized carbons (Fsp3) is 0.455. The Labute approximate surface area is 227 Å². The van der Waals surface area contributed by atoms with Gasteiger partial charge >= 0.3 is 5.97 Å². The van der Waals surface area contributed by atoms with Gasteiger partial charge in [0, 0.05) is 36.0 Å². The molecular weight excluding hydrogens is 474 g/mol. The van der Waals surface area contributed by atoms with E-state index in [1.807, 2.05) is 48.9 Å². The average Bonchev–Trinajstić information content (AvgIpc) is 3.21. The molecule has 204 valence electrons. The minimum absolute atomic E-state index is 0.0169. The number of benzene rings is 2. The molecule has 1 N–H and O–H groups in total. The maximum atomic E-state index is 13.4. The standard InChI is InChI=1S/C33H43NO4/c1-6-8-11-31(25-15-13-24(14-16-25)21-23(3)4)38-28-19-17-26(18-20-28)33(37)29-22-27(10-9-12-32(35)36)34(5)30(29)7-2/h13-20,22-23,31H,6-12,21H2,1-5H3,(H,35,36). The monoisotopic (exact) mass is 517 g/mol. The summed E-state index contributed by atoms with van der Waals surface area (Å²) in [4.78, 5) is 24.3. The molecule has 1 heterocycles. The molecule has 1 unspecified atom stereocenters. The lowest BCUT2D eigenvalue weighted by atomic mass is 9.98.